The van der Waals surface area contributed by atoms with E-state index in [2.05, 4.69) is 9.55 Å². The molecule has 0 N–H and O–H groups in total. The van der Waals surface area contributed by atoms with Gasteiger partial charge in [-0.25, -0.2) is 4.98 Å². The third kappa shape index (κ3) is 4.51. The van der Waals surface area contributed by atoms with Crippen LogP contribution >= 0.6 is 11.3 Å². The number of hydrogen-bond donors (Lipinski definition) is 0. The number of carbonyl (C=O) groups excluding carboxylic acids is 2. The molecular formula is C26H25N3O5S. The van der Waals surface area contributed by atoms with Crippen molar-refractivity contribution in [2.24, 2.45) is 0 Å². The molecular weight excluding hydrogens is 466 g/mol. The topological polar surface area (TPSA) is 92.4 Å². The first-order chi connectivity index (χ1) is 16.9. The summed E-state index contributed by atoms with van der Waals surface area (Å²) < 4.78 is 14.2. The van der Waals surface area contributed by atoms with E-state index in [0.29, 0.717) is 21.8 Å². The van der Waals surface area contributed by atoms with Crippen molar-refractivity contribution in [2.75, 3.05) is 13.7 Å². The summed E-state index contributed by atoms with van der Waals surface area (Å²) in [7, 11) is 1.61. The molecule has 180 valence electrons. The molecule has 0 atom stereocenters. The standard InChI is InChI=1S/C26H25N3O5S/c1-15-10-20(16(2)29(15)18-6-7-18)22(30)13-34-24(31)12-28-14-27-21-11-23(35-25(21)26(28)32)17-4-8-19(33-3)9-5-17/h4-5,8-11,14,18H,6-7,12-13H2,1-3H3. The molecule has 35 heavy (non-hydrogen) atoms. The van der Waals surface area contributed by atoms with Crippen molar-refractivity contribution >= 4 is 33.3 Å². The highest BCUT2D eigenvalue weighted by atomic mass is 32.1. The molecule has 1 aliphatic carbocycles. The molecule has 0 spiro atoms. The van der Waals surface area contributed by atoms with Crippen molar-refractivity contribution in [2.45, 2.75) is 39.3 Å². The number of esters is 1. The Kier molecular flexibility index (Phi) is 6.02. The number of rotatable bonds is 8. The van der Waals surface area contributed by atoms with E-state index in [0.717, 1.165) is 40.4 Å². The molecule has 0 aliphatic heterocycles. The lowest BCUT2D eigenvalue weighted by molar-refractivity contribution is -0.143. The fourth-order valence-corrected chi connectivity index (χ4v) is 5.38. The second kappa shape index (κ2) is 9.14. The molecule has 9 heteroatoms. The van der Waals surface area contributed by atoms with Crippen LogP contribution in [-0.2, 0) is 16.1 Å². The molecule has 1 fully saturated rings. The number of nitrogens with zero attached hydrogens (tertiary/aromatic N) is 3. The number of fused-ring (bicyclic) bond motifs is 1. The zero-order chi connectivity index (χ0) is 24.7. The van der Waals surface area contributed by atoms with E-state index in [4.69, 9.17) is 9.47 Å². The maximum atomic E-state index is 13.0. The van der Waals surface area contributed by atoms with E-state index >= 15 is 0 Å². The Balaban J connectivity index is 1.27. The van der Waals surface area contributed by atoms with Gasteiger partial charge >= 0.3 is 5.97 Å². The number of thiophene rings is 1. The van der Waals surface area contributed by atoms with Gasteiger partial charge in [-0.1, -0.05) is 0 Å². The van der Waals surface area contributed by atoms with E-state index in [-0.39, 0.29) is 24.5 Å². The first-order valence-electron chi connectivity index (χ1n) is 11.4. The van der Waals surface area contributed by atoms with Crippen LogP contribution in [-0.4, -0.2) is 39.6 Å². The largest absolute Gasteiger partial charge is 0.497 e. The van der Waals surface area contributed by atoms with Gasteiger partial charge in [0.15, 0.2) is 6.61 Å². The van der Waals surface area contributed by atoms with Crippen LogP contribution < -0.4 is 10.3 Å². The van der Waals surface area contributed by atoms with Crippen molar-refractivity contribution < 1.29 is 19.1 Å². The summed E-state index contributed by atoms with van der Waals surface area (Å²) in [4.78, 5) is 43.3. The summed E-state index contributed by atoms with van der Waals surface area (Å²) in [5, 5.41) is 0. The Hall–Kier alpha value is -3.72. The third-order valence-electron chi connectivity index (χ3n) is 6.24. The van der Waals surface area contributed by atoms with Gasteiger partial charge in [0.2, 0.25) is 5.78 Å². The Morgan fingerprint density at radius 2 is 1.89 bits per heavy atom. The van der Waals surface area contributed by atoms with Gasteiger partial charge < -0.3 is 14.0 Å². The first-order valence-corrected chi connectivity index (χ1v) is 12.2. The van der Waals surface area contributed by atoms with E-state index in [1.807, 2.05) is 50.2 Å². The maximum absolute atomic E-state index is 13.0. The number of hydrogen-bond acceptors (Lipinski definition) is 7. The van der Waals surface area contributed by atoms with Gasteiger partial charge in [0.25, 0.3) is 5.56 Å². The summed E-state index contributed by atoms with van der Waals surface area (Å²) >= 11 is 1.31. The quantitative estimate of drug-likeness (QED) is 0.269. The van der Waals surface area contributed by atoms with Gasteiger partial charge in [0.05, 0.1) is 19.0 Å². The summed E-state index contributed by atoms with van der Waals surface area (Å²) in [6.07, 6.45) is 3.58. The van der Waals surface area contributed by atoms with Gasteiger partial charge in [0.1, 0.15) is 17.0 Å². The Labute approximate surface area is 205 Å². The molecule has 8 nitrogen and oxygen atoms in total. The minimum atomic E-state index is -0.662. The summed E-state index contributed by atoms with van der Waals surface area (Å²) in [5.41, 5.74) is 3.70. The molecule has 0 bridgehead atoms. The zero-order valence-electron chi connectivity index (χ0n) is 19.7. The SMILES string of the molecule is COc1ccc(-c2cc3ncn(CC(=O)OCC(=O)c4cc(C)n(C5CC5)c4C)c(=O)c3s2)cc1. The molecule has 3 heterocycles. The summed E-state index contributed by atoms with van der Waals surface area (Å²) in [5.74, 6) is -0.163. The Morgan fingerprint density at radius 3 is 2.57 bits per heavy atom. The smallest absolute Gasteiger partial charge is 0.326 e. The molecule has 3 aromatic heterocycles. The second-order valence-electron chi connectivity index (χ2n) is 8.70. The minimum Gasteiger partial charge on any atom is -0.497 e. The second-order valence-corrected chi connectivity index (χ2v) is 9.75. The zero-order valence-corrected chi connectivity index (χ0v) is 20.6. The van der Waals surface area contributed by atoms with Crippen LogP contribution in [0.15, 0.2) is 47.5 Å². The number of carbonyl (C=O) groups is 2. The minimum absolute atomic E-state index is 0.248. The van der Waals surface area contributed by atoms with Crippen molar-refractivity contribution in [1.29, 1.82) is 0 Å². The van der Waals surface area contributed by atoms with Crippen molar-refractivity contribution in [3.8, 4) is 16.2 Å². The summed E-state index contributed by atoms with van der Waals surface area (Å²) in [6.45, 7) is 3.22. The van der Waals surface area contributed by atoms with Crippen molar-refractivity contribution in [3.63, 3.8) is 0 Å². The molecule has 0 unspecified atom stereocenters. The monoisotopic (exact) mass is 491 g/mol. The molecule has 0 saturated heterocycles. The van der Waals surface area contributed by atoms with Crippen LogP contribution in [0.1, 0.15) is 40.6 Å². The summed E-state index contributed by atoms with van der Waals surface area (Å²) in [6, 6.07) is 11.7. The molecule has 1 aromatic carbocycles. The van der Waals surface area contributed by atoms with Crippen LogP contribution in [0.5, 0.6) is 5.75 Å². The van der Waals surface area contributed by atoms with Gasteiger partial charge in [-0.3, -0.25) is 19.0 Å². The first kappa shape index (κ1) is 23.0. The predicted molar refractivity (Wildman–Crippen MR) is 133 cm³/mol. The normalized spacial score (nSPS) is 13.2. The molecule has 5 rings (SSSR count). The van der Waals surface area contributed by atoms with E-state index < -0.39 is 5.97 Å². The Bertz CT molecular complexity index is 1490. The number of ether oxygens (including phenoxy) is 2. The van der Waals surface area contributed by atoms with Crippen LogP contribution in [0.3, 0.4) is 0 Å². The fourth-order valence-electron chi connectivity index (χ4n) is 4.32. The lowest BCUT2D eigenvalue weighted by Crippen LogP contribution is -2.26. The number of benzene rings is 1. The molecule has 0 amide bonds. The predicted octanol–water partition coefficient (Wildman–Crippen LogP) is 4.31. The average Bonchev–Trinajstić information content (AvgIpc) is 3.51. The molecule has 1 saturated carbocycles. The number of aryl methyl sites for hydroxylation is 1. The highest BCUT2D eigenvalue weighted by molar-refractivity contribution is 7.22. The number of ketones is 1. The van der Waals surface area contributed by atoms with Gasteiger partial charge in [-0.2, -0.15) is 0 Å². The molecule has 4 aromatic rings. The number of aromatic nitrogens is 3. The van der Waals surface area contributed by atoms with Gasteiger partial charge in [-0.15, -0.1) is 11.3 Å². The lowest BCUT2D eigenvalue weighted by Gasteiger charge is -2.08. The number of Topliss-reactive ketones (excluding diaryl/α,β-unsaturated/α-hetero) is 1. The van der Waals surface area contributed by atoms with Gasteiger partial charge in [0, 0.05) is 27.9 Å². The van der Waals surface area contributed by atoms with Crippen LogP contribution in [0, 0.1) is 13.8 Å². The van der Waals surface area contributed by atoms with E-state index in [1.165, 1.54) is 22.2 Å². The van der Waals surface area contributed by atoms with Gasteiger partial charge in [-0.05, 0) is 68.7 Å². The van der Waals surface area contributed by atoms with Crippen LogP contribution in [0.2, 0.25) is 0 Å². The third-order valence-corrected chi connectivity index (χ3v) is 7.40. The Morgan fingerprint density at radius 1 is 1.14 bits per heavy atom. The van der Waals surface area contributed by atoms with Crippen LogP contribution in [0.4, 0.5) is 0 Å². The lowest BCUT2D eigenvalue weighted by atomic mass is 10.1. The molecule has 1 aliphatic rings. The highest BCUT2D eigenvalue weighted by Crippen LogP contribution is 2.38. The van der Waals surface area contributed by atoms with Crippen LogP contribution in [0.25, 0.3) is 20.7 Å². The fraction of sp³-hybridized carbons (Fsp3) is 0.308. The van der Waals surface area contributed by atoms with Crippen molar-refractivity contribution in [3.05, 3.63) is 70.0 Å². The van der Waals surface area contributed by atoms with E-state index in [9.17, 15) is 14.4 Å². The van der Waals surface area contributed by atoms with Crippen molar-refractivity contribution in [1.82, 2.24) is 14.1 Å². The van der Waals surface area contributed by atoms with E-state index in [1.54, 1.807) is 7.11 Å². The average molecular weight is 492 g/mol. The maximum Gasteiger partial charge on any atom is 0.326 e. The number of methoxy groups -OCH3 is 1. The highest BCUT2D eigenvalue weighted by Gasteiger charge is 2.28. The molecule has 0 radical (unpaired) electrons.